The number of ether oxygens (including phenoxy) is 1. The van der Waals surface area contributed by atoms with Gasteiger partial charge < -0.3 is 10.1 Å². The van der Waals surface area contributed by atoms with E-state index in [0.717, 1.165) is 11.4 Å². The van der Waals surface area contributed by atoms with Crippen LogP contribution in [-0.2, 0) is 4.74 Å². The molecule has 0 aliphatic rings. The molecule has 0 fully saturated rings. The second kappa shape index (κ2) is 6.85. The average Bonchev–Trinajstić information content (AvgIpc) is 2.73. The molecule has 0 atom stereocenters. The highest BCUT2D eigenvalue weighted by Crippen LogP contribution is 2.20. The van der Waals surface area contributed by atoms with Crippen molar-refractivity contribution in [2.24, 2.45) is 0 Å². The fourth-order valence-electron chi connectivity index (χ4n) is 1.08. The van der Waals surface area contributed by atoms with Crippen molar-refractivity contribution >= 4 is 22.3 Å². The molecular formula is C11H14N2O2S. The summed E-state index contributed by atoms with van der Waals surface area (Å²) < 4.78 is 4.89. The van der Waals surface area contributed by atoms with E-state index in [1.54, 1.807) is 19.4 Å². The van der Waals surface area contributed by atoms with Crippen LogP contribution in [0.2, 0.25) is 0 Å². The van der Waals surface area contributed by atoms with Crippen LogP contribution < -0.4 is 5.32 Å². The first-order chi connectivity index (χ1) is 7.79. The van der Waals surface area contributed by atoms with Crippen LogP contribution in [0.1, 0.15) is 30.8 Å². The van der Waals surface area contributed by atoms with E-state index < -0.39 is 0 Å². The number of nitrogens with one attached hydrogen (secondary N) is 1. The predicted octanol–water partition coefficient (Wildman–Crippen LogP) is 2.15. The lowest BCUT2D eigenvalue weighted by atomic mass is 10.4. The molecule has 0 radical (unpaired) electrons. The summed E-state index contributed by atoms with van der Waals surface area (Å²) in [5.74, 6) is 5.37. The summed E-state index contributed by atoms with van der Waals surface area (Å²) in [6.07, 6.45) is 0.747. The second-order valence-corrected chi connectivity index (χ2v) is 3.71. The molecule has 1 aromatic heterocycles. The lowest BCUT2D eigenvalue weighted by Gasteiger charge is -2.03. The van der Waals surface area contributed by atoms with Gasteiger partial charge in [-0.3, -0.25) is 0 Å². The summed E-state index contributed by atoms with van der Waals surface area (Å²) in [6.45, 7) is 4.64. The Morgan fingerprint density at radius 2 is 2.50 bits per heavy atom. The Balaban J connectivity index is 2.55. The van der Waals surface area contributed by atoms with Crippen molar-refractivity contribution in [3.63, 3.8) is 0 Å². The minimum Gasteiger partial charge on any atom is -0.461 e. The molecule has 0 unspecified atom stereocenters. The third kappa shape index (κ3) is 3.55. The van der Waals surface area contributed by atoms with E-state index in [9.17, 15) is 4.79 Å². The zero-order valence-electron chi connectivity index (χ0n) is 9.37. The Hall–Kier alpha value is -1.54. The molecular weight excluding hydrogens is 224 g/mol. The van der Waals surface area contributed by atoms with Crippen LogP contribution >= 0.6 is 11.3 Å². The maximum atomic E-state index is 11.5. The fraction of sp³-hybridized carbons (Fsp3) is 0.455. The van der Waals surface area contributed by atoms with Gasteiger partial charge in [0, 0.05) is 13.0 Å². The number of hydrogen-bond acceptors (Lipinski definition) is 5. The van der Waals surface area contributed by atoms with Gasteiger partial charge in [-0.25, -0.2) is 9.78 Å². The van der Waals surface area contributed by atoms with E-state index in [-0.39, 0.29) is 5.97 Å². The first-order valence-corrected chi connectivity index (χ1v) is 5.91. The molecule has 1 heterocycles. The largest absolute Gasteiger partial charge is 0.461 e. The van der Waals surface area contributed by atoms with E-state index in [4.69, 9.17) is 4.74 Å². The molecule has 0 amide bonds. The van der Waals surface area contributed by atoms with Crippen molar-refractivity contribution in [3.05, 3.63) is 11.2 Å². The first-order valence-electron chi connectivity index (χ1n) is 5.03. The van der Waals surface area contributed by atoms with E-state index in [0.29, 0.717) is 18.8 Å². The van der Waals surface area contributed by atoms with Gasteiger partial charge >= 0.3 is 5.97 Å². The quantitative estimate of drug-likeness (QED) is 0.485. The minimum atomic E-state index is -0.382. The number of thiazole rings is 1. The molecule has 0 aliphatic carbocycles. The van der Waals surface area contributed by atoms with Gasteiger partial charge in [-0.05, 0) is 13.8 Å². The van der Waals surface area contributed by atoms with Gasteiger partial charge in [0.05, 0.1) is 12.1 Å². The van der Waals surface area contributed by atoms with E-state index in [2.05, 4.69) is 22.1 Å². The van der Waals surface area contributed by atoms with Gasteiger partial charge in [-0.2, -0.15) is 0 Å². The number of rotatable bonds is 5. The summed E-state index contributed by atoms with van der Waals surface area (Å²) in [4.78, 5) is 15.4. The van der Waals surface area contributed by atoms with Crippen molar-refractivity contribution in [1.29, 1.82) is 0 Å². The molecule has 0 aliphatic heterocycles. The van der Waals surface area contributed by atoms with Gasteiger partial charge in [0.1, 0.15) is 5.00 Å². The van der Waals surface area contributed by atoms with Crippen LogP contribution in [-0.4, -0.2) is 24.1 Å². The molecule has 1 aromatic rings. The highest BCUT2D eigenvalue weighted by molar-refractivity contribution is 7.14. The van der Waals surface area contributed by atoms with Crippen LogP contribution in [0.25, 0.3) is 0 Å². The molecule has 16 heavy (non-hydrogen) atoms. The Kier molecular flexibility index (Phi) is 5.37. The maximum Gasteiger partial charge on any atom is 0.360 e. The summed E-state index contributed by atoms with van der Waals surface area (Å²) in [5, 5.41) is 3.87. The van der Waals surface area contributed by atoms with E-state index in [1.807, 2.05) is 0 Å². The zero-order chi connectivity index (χ0) is 11.8. The summed E-state index contributed by atoms with van der Waals surface area (Å²) in [5.41, 5.74) is 1.98. The van der Waals surface area contributed by atoms with Crippen LogP contribution in [0.4, 0.5) is 5.00 Å². The normalized spacial score (nSPS) is 9.12. The number of aromatic nitrogens is 1. The minimum absolute atomic E-state index is 0.358. The van der Waals surface area contributed by atoms with Crippen molar-refractivity contribution in [3.8, 4) is 11.8 Å². The number of hydrogen-bond donors (Lipinski definition) is 1. The maximum absolute atomic E-state index is 11.5. The smallest absolute Gasteiger partial charge is 0.360 e. The molecule has 4 nitrogen and oxygen atoms in total. The van der Waals surface area contributed by atoms with Gasteiger partial charge in [-0.15, -0.1) is 23.2 Å². The van der Waals surface area contributed by atoms with Crippen LogP contribution in [0, 0.1) is 11.8 Å². The Labute approximate surface area is 99.0 Å². The van der Waals surface area contributed by atoms with Crippen molar-refractivity contribution in [2.45, 2.75) is 20.3 Å². The number of nitrogens with zero attached hydrogens (tertiary/aromatic N) is 1. The van der Waals surface area contributed by atoms with E-state index in [1.165, 1.54) is 11.3 Å². The van der Waals surface area contributed by atoms with Crippen LogP contribution in [0.5, 0.6) is 0 Å². The van der Waals surface area contributed by atoms with Crippen LogP contribution in [0.15, 0.2) is 5.51 Å². The highest BCUT2D eigenvalue weighted by atomic mass is 32.1. The summed E-state index contributed by atoms with van der Waals surface area (Å²) >= 11 is 1.39. The van der Waals surface area contributed by atoms with Crippen molar-refractivity contribution in [1.82, 2.24) is 4.98 Å². The van der Waals surface area contributed by atoms with Gasteiger partial charge in [0.2, 0.25) is 0 Å². The van der Waals surface area contributed by atoms with Gasteiger partial charge in [0.25, 0.3) is 0 Å². The standard InChI is InChI=1S/C11H14N2O2S/c1-3-5-6-7-12-10-9(13-8-16-10)11(14)15-4-2/h8,12H,4,6-7H2,1-2H3. The summed E-state index contributed by atoms with van der Waals surface area (Å²) in [6, 6.07) is 0. The Bertz CT molecular complexity index is 404. The molecule has 5 heteroatoms. The van der Waals surface area contributed by atoms with Crippen molar-refractivity contribution < 1.29 is 9.53 Å². The average molecular weight is 238 g/mol. The molecule has 0 bridgehead atoms. The van der Waals surface area contributed by atoms with Crippen LogP contribution in [0.3, 0.4) is 0 Å². The number of anilines is 1. The Morgan fingerprint density at radius 3 is 3.19 bits per heavy atom. The monoisotopic (exact) mass is 238 g/mol. The highest BCUT2D eigenvalue weighted by Gasteiger charge is 2.15. The lowest BCUT2D eigenvalue weighted by molar-refractivity contribution is 0.0521. The molecule has 86 valence electrons. The Morgan fingerprint density at radius 1 is 1.69 bits per heavy atom. The third-order valence-electron chi connectivity index (χ3n) is 1.75. The van der Waals surface area contributed by atoms with Gasteiger partial charge in [-0.1, -0.05) is 0 Å². The van der Waals surface area contributed by atoms with Crippen molar-refractivity contribution in [2.75, 3.05) is 18.5 Å². The number of carbonyl (C=O) groups is 1. The third-order valence-corrected chi connectivity index (χ3v) is 2.53. The predicted molar refractivity (Wildman–Crippen MR) is 64.6 cm³/mol. The topological polar surface area (TPSA) is 51.2 Å². The van der Waals surface area contributed by atoms with E-state index >= 15 is 0 Å². The second-order valence-electron chi connectivity index (χ2n) is 2.85. The molecule has 0 saturated carbocycles. The zero-order valence-corrected chi connectivity index (χ0v) is 10.2. The number of carbonyl (C=O) groups excluding carboxylic acids is 1. The van der Waals surface area contributed by atoms with Gasteiger partial charge in [0.15, 0.2) is 5.69 Å². The lowest BCUT2D eigenvalue weighted by Crippen LogP contribution is -2.09. The molecule has 0 saturated heterocycles. The molecule has 0 spiro atoms. The molecule has 0 aromatic carbocycles. The number of esters is 1. The first kappa shape index (κ1) is 12.5. The fourth-order valence-corrected chi connectivity index (χ4v) is 1.78. The molecule has 1 rings (SSSR count). The summed E-state index contributed by atoms with van der Waals surface area (Å²) in [7, 11) is 0. The molecule has 1 N–H and O–H groups in total. The SMILES string of the molecule is CC#CCCNc1scnc1C(=O)OCC.